The van der Waals surface area contributed by atoms with Gasteiger partial charge in [-0.25, -0.2) is 9.78 Å². The monoisotopic (exact) mass is 631 g/mol. The van der Waals surface area contributed by atoms with Crippen LogP contribution in [-0.4, -0.2) is 85.1 Å². The predicted molar refractivity (Wildman–Crippen MR) is 171 cm³/mol. The lowest BCUT2D eigenvalue weighted by molar-refractivity contribution is -0.136. The predicted octanol–water partition coefficient (Wildman–Crippen LogP) is 4.52. The van der Waals surface area contributed by atoms with Gasteiger partial charge in [0, 0.05) is 69.0 Å². The summed E-state index contributed by atoms with van der Waals surface area (Å²) in [5, 5.41) is 1.19. The van der Waals surface area contributed by atoms with Gasteiger partial charge < -0.3 is 18.7 Å². The molecule has 0 bridgehead atoms. The van der Waals surface area contributed by atoms with Crippen molar-refractivity contribution in [3.63, 3.8) is 0 Å². The highest BCUT2D eigenvalue weighted by molar-refractivity contribution is 7.87. The molecule has 0 radical (unpaired) electrons. The summed E-state index contributed by atoms with van der Waals surface area (Å²) in [7, 11) is -2.58. The van der Waals surface area contributed by atoms with Crippen molar-refractivity contribution in [1.29, 1.82) is 0 Å². The lowest BCUT2D eigenvalue weighted by Crippen LogP contribution is -2.56. The molecule has 1 aliphatic heterocycles. The van der Waals surface area contributed by atoms with Gasteiger partial charge in [0.15, 0.2) is 0 Å². The maximum atomic E-state index is 13.9. The minimum absolute atomic E-state index is 0.0410. The van der Waals surface area contributed by atoms with E-state index in [1.807, 2.05) is 18.2 Å². The summed E-state index contributed by atoms with van der Waals surface area (Å²) in [5.74, 6) is 0.782. The van der Waals surface area contributed by atoms with Crippen molar-refractivity contribution >= 4 is 38.7 Å². The Kier molecular flexibility index (Phi) is 9.24. The zero-order valence-corrected chi connectivity index (χ0v) is 26.6. The maximum Gasteiger partial charge on any atom is 0.410 e. The molecule has 236 valence electrons. The molecule has 0 saturated carbocycles. The first-order chi connectivity index (χ1) is 21.4. The van der Waals surface area contributed by atoms with E-state index in [4.69, 9.17) is 8.92 Å². The number of nitrogens with zero attached hydrogens (tertiary/aromatic N) is 5. The van der Waals surface area contributed by atoms with E-state index in [-0.39, 0.29) is 23.0 Å². The van der Waals surface area contributed by atoms with Crippen molar-refractivity contribution in [1.82, 2.24) is 19.8 Å². The van der Waals surface area contributed by atoms with Crippen molar-refractivity contribution in [3.05, 3.63) is 90.9 Å². The number of anilines is 1. The molecule has 45 heavy (non-hydrogen) atoms. The van der Waals surface area contributed by atoms with Crippen LogP contribution < -0.4 is 9.08 Å². The Morgan fingerprint density at radius 3 is 2.33 bits per heavy atom. The highest BCUT2D eigenvalue weighted by Gasteiger charge is 2.35. The van der Waals surface area contributed by atoms with E-state index in [1.54, 1.807) is 87.6 Å². The standard InChI is InChI=1S/C33H37N5O6S/c1-33(2,3)43-32(40)36(4)28(31(39)38-20-18-37(19-21-38)30-10-5-6-16-35-30)22-24-11-13-26(14-12-24)44-45(41,42)29-9-7-8-25-23-34-17-15-27(25)29/h5-17,23,28H,18-22H2,1-4H3/t28-/m0/s1. The number of rotatable bonds is 8. The summed E-state index contributed by atoms with van der Waals surface area (Å²) < 4.78 is 37.4. The minimum Gasteiger partial charge on any atom is -0.444 e. The molecule has 1 fully saturated rings. The summed E-state index contributed by atoms with van der Waals surface area (Å²) in [6, 6.07) is 17.9. The average Bonchev–Trinajstić information content (AvgIpc) is 3.03. The molecule has 0 N–H and O–H groups in total. The summed E-state index contributed by atoms with van der Waals surface area (Å²) in [5.41, 5.74) is -0.0185. The summed E-state index contributed by atoms with van der Waals surface area (Å²) >= 11 is 0. The molecule has 0 aliphatic carbocycles. The Morgan fingerprint density at radius 1 is 0.933 bits per heavy atom. The molecule has 2 aromatic heterocycles. The molecule has 1 atom stereocenters. The number of ether oxygens (including phenoxy) is 1. The van der Waals surface area contributed by atoms with Gasteiger partial charge >= 0.3 is 16.2 Å². The van der Waals surface area contributed by atoms with Crippen LogP contribution in [0.3, 0.4) is 0 Å². The van der Waals surface area contributed by atoms with Crippen molar-refractivity contribution in [3.8, 4) is 5.75 Å². The largest absolute Gasteiger partial charge is 0.444 e. The second-order valence-corrected chi connectivity index (χ2v) is 13.4. The van der Waals surface area contributed by atoms with E-state index in [0.29, 0.717) is 37.0 Å². The van der Waals surface area contributed by atoms with Crippen LogP contribution in [0.1, 0.15) is 26.3 Å². The van der Waals surface area contributed by atoms with Gasteiger partial charge in [0.1, 0.15) is 28.1 Å². The summed E-state index contributed by atoms with van der Waals surface area (Å²) in [6.45, 7) is 7.49. The van der Waals surface area contributed by atoms with Gasteiger partial charge in [0.05, 0.1) is 0 Å². The Labute approximate surface area is 263 Å². The second-order valence-electron chi connectivity index (χ2n) is 11.8. The highest BCUT2D eigenvalue weighted by atomic mass is 32.2. The van der Waals surface area contributed by atoms with Crippen LogP contribution in [0.2, 0.25) is 0 Å². The number of hydrogen-bond donors (Lipinski definition) is 0. The van der Waals surface area contributed by atoms with Gasteiger partial charge in [-0.2, -0.15) is 8.42 Å². The summed E-state index contributed by atoms with van der Waals surface area (Å²) in [6.07, 6.45) is 4.45. The molecule has 2 amide bonds. The molecule has 5 rings (SSSR count). The van der Waals surface area contributed by atoms with Crippen molar-refractivity contribution in [2.45, 2.75) is 43.7 Å². The van der Waals surface area contributed by atoms with Crippen LogP contribution in [0.5, 0.6) is 5.75 Å². The first-order valence-corrected chi connectivity index (χ1v) is 16.1. The molecular formula is C33H37N5O6S. The van der Waals surface area contributed by atoms with Gasteiger partial charge in [-0.05, 0) is 62.7 Å². The minimum atomic E-state index is -4.14. The number of piperazine rings is 1. The lowest BCUT2D eigenvalue weighted by Gasteiger charge is -2.39. The van der Waals surface area contributed by atoms with Crippen LogP contribution in [0.25, 0.3) is 10.8 Å². The SMILES string of the molecule is CN(C(=O)OC(C)(C)C)[C@@H](Cc1ccc(OS(=O)(=O)c2cccc3cnccc23)cc1)C(=O)N1CCN(c2ccccn2)CC1. The number of pyridine rings is 2. The zero-order valence-electron chi connectivity index (χ0n) is 25.8. The highest BCUT2D eigenvalue weighted by Crippen LogP contribution is 2.26. The van der Waals surface area contributed by atoms with Crippen LogP contribution in [-0.2, 0) is 26.1 Å². The Morgan fingerprint density at radius 2 is 1.67 bits per heavy atom. The van der Waals surface area contributed by atoms with E-state index >= 15 is 0 Å². The van der Waals surface area contributed by atoms with Gasteiger partial charge in [0.25, 0.3) is 0 Å². The number of hydrogen-bond acceptors (Lipinski definition) is 9. The number of benzene rings is 2. The van der Waals surface area contributed by atoms with Crippen molar-refractivity contribution in [2.24, 2.45) is 0 Å². The van der Waals surface area contributed by atoms with Gasteiger partial charge in [-0.15, -0.1) is 0 Å². The van der Waals surface area contributed by atoms with Gasteiger partial charge in [-0.1, -0.05) is 30.3 Å². The first-order valence-electron chi connectivity index (χ1n) is 14.7. The molecular weight excluding hydrogens is 594 g/mol. The summed E-state index contributed by atoms with van der Waals surface area (Å²) in [4.78, 5) is 40.7. The molecule has 2 aromatic carbocycles. The molecule has 1 aliphatic rings. The topological polar surface area (TPSA) is 122 Å². The fourth-order valence-corrected chi connectivity index (χ4v) is 6.30. The van der Waals surface area contributed by atoms with E-state index in [2.05, 4.69) is 14.9 Å². The third-order valence-electron chi connectivity index (χ3n) is 7.47. The molecule has 1 saturated heterocycles. The Balaban J connectivity index is 1.32. The van der Waals surface area contributed by atoms with E-state index in [9.17, 15) is 18.0 Å². The van der Waals surface area contributed by atoms with Crippen LogP contribution >= 0.6 is 0 Å². The normalized spacial score (nSPS) is 14.6. The van der Waals surface area contributed by atoms with Crippen molar-refractivity contribution < 1.29 is 26.9 Å². The Hall–Kier alpha value is -4.71. The smallest absolute Gasteiger partial charge is 0.410 e. The van der Waals surface area contributed by atoms with E-state index in [0.717, 1.165) is 11.4 Å². The molecule has 0 spiro atoms. The molecule has 11 nitrogen and oxygen atoms in total. The fourth-order valence-electron chi connectivity index (χ4n) is 5.15. The number of carbonyl (C=O) groups is 2. The number of carbonyl (C=O) groups excluding carboxylic acids is 2. The maximum absolute atomic E-state index is 13.9. The lowest BCUT2D eigenvalue weighted by atomic mass is 10.0. The molecule has 0 unspecified atom stereocenters. The van der Waals surface area contributed by atoms with Crippen molar-refractivity contribution in [2.75, 3.05) is 38.1 Å². The first kappa shape index (κ1) is 31.7. The second kappa shape index (κ2) is 13.1. The van der Waals surface area contributed by atoms with E-state index < -0.39 is 27.9 Å². The average molecular weight is 632 g/mol. The fraction of sp³-hybridized carbons (Fsp3) is 0.333. The quantitative estimate of drug-likeness (QED) is 0.258. The molecule has 4 aromatic rings. The van der Waals surface area contributed by atoms with Crippen LogP contribution in [0, 0.1) is 0 Å². The zero-order chi connectivity index (χ0) is 32.2. The Bertz CT molecular complexity index is 1750. The van der Waals surface area contributed by atoms with Crippen LogP contribution in [0.4, 0.5) is 10.6 Å². The number of fused-ring (bicyclic) bond motifs is 1. The number of aromatic nitrogens is 2. The third-order valence-corrected chi connectivity index (χ3v) is 8.77. The molecule has 3 heterocycles. The van der Waals surface area contributed by atoms with Gasteiger partial charge in [0.2, 0.25) is 5.91 Å². The third kappa shape index (κ3) is 7.69. The van der Waals surface area contributed by atoms with Gasteiger partial charge in [-0.3, -0.25) is 14.7 Å². The van der Waals surface area contributed by atoms with Crippen LogP contribution in [0.15, 0.2) is 90.2 Å². The number of likely N-dealkylation sites (N-methyl/N-ethyl adjacent to an activating group) is 1. The molecule has 12 heteroatoms. The number of amides is 2. The van der Waals surface area contributed by atoms with E-state index in [1.165, 1.54) is 17.2 Å².